The van der Waals surface area contributed by atoms with Crippen LogP contribution >= 0.6 is 0 Å². The molecule has 0 aliphatic heterocycles. The van der Waals surface area contributed by atoms with Gasteiger partial charge < -0.3 is 14.8 Å². The van der Waals surface area contributed by atoms with Crippen LogP contribution in [0.5, 0.6) is 11.5 Å². The van der Waals surface area contributed by atoms with Crippen molar-refractivity contribution < 1.29 is 14.3 Å². The van der Waals surface area contributed by atoms with Crippen molar-refractivity contribution in [3.63, 3.8) is 0 Å². The molecule has 0 aliphatic rings. The highest BCUT2D eigenvalue weighted by Gasteiger charge is 2.14. The standard InChI is InChI=1S/C18H21N3O3/c1-3-23-16-12-15(21-19)17(24-4-2)11-14(16)20-18(22)10-13-8-6-5-7-9-13/h5-9,11-12,19H,3-4,10H2,1-2H3,(H,20,22). The topological polar surface area (TPSA) is 83.8 Å². The average molecular weight is 327 g/mol. The van der Waals surface area contributed by atoms with E-state index in [1.807, 2.05) is 44.2 Å². The van der Waals surface area contributed by atoms with Crippen LogP contribution in [-0.4, -0.2) is 19.1 Å². The van der Waals surface area contributed by atoms with E-state index in [1.165, 1.54) is 0 Å². The molecule has 24 heavy (non-hydrogen) atoms. The van der Waals surface area contributed by atoms with Crippen molar-refractivity contribution in [2.45, 2.75) is 20.3 Å². The normalized spacial score (nSPS) is 10.1. The molecule has 0 aromatic heterocycles. The van der Waals surface area contributed by atoms with Crippen LogP contribution in [0.25, 0.3) is 0 Å². The number of amides is 1. The molecule has 0 aliphatic carbocycles. The fraction of sp³-hybridized carbons (Fsp3) is 0.278. The summed E-state index contributed by atoms with van der Waals surface area (Å²) in [5, 5.41) is 6.30. The second-order valence-corrected chi connectivity index (χ2v) is 5.00. The van der Waals surface area contributed by atoms with Gasteiger partial charge >= 0.3 is 0 Å². The second kappa shape index (κ2) is 8.67. The van der Waals surface area contributed by atoms with Gasteiger partial charge in [0.25, 0.3) is 0 Å². The number of carbonyl (C=O) groups excluding carboxylic acids is 1. The van der Waals surface area contributed by atoms with Crippen molar-refractivity contribution in [3.8, 4) is 11.5 Å². The van der Waals surface area contributed by atoms with E-state index in [1.54, 1.807) is 12.1 Å². The van der Waals surface area contributed by atoms with Crippen LogP contribution in [0, 0.1) is 5.53 Å². The lowest BCUT2D eigenvalue weighted by atomic mass is 10.1. The number of nitrogens with one attached hydrogen (secondary N) is 2. The Kier molecular flexibility index (Phi) is 6.31. The molecule has 0 saturated heterocycles. The van der Waals surface area contributed by atoms with Crippen molar-refractivity contribution in [3.05, 3.63) is 48.0 Å². The predicted octanol–water partition coefficient (Wildman–Crippen LogP) is 4.33. The van der Waals surface area contributed by atoms with E-state index >= 15 is 0 Å². The van der Waals surface area contributed by atoms with Gasteiger partial charge in [-0.15, -0.1) is 0 Å². The largest absolute Gasteiger partial charge is 0.492 e. The molecule has 2 aromatic rings. The molecule has 6 nitrogen and oxygen atoms in total. The lowest BCUT2D eigenvalue weighted by Crippen LogP contribution is -2.15. The minimum Gasteiger partial charge on any atom is -0.492 e. The van der Waals surface area contributed by atoms with Gasteiger partial charge in [0.05, 0.1) is 25.3 Å². The maximum atomic E-state index is 12.3. The van der Waals surface area contributed by atoms with Gasteiger partial charge in [0, 0.05) is 12.1 Å². The first-order valence-electron chi connectivity index (χ1n) is 7.82. The molecular formula is C18H21N3O3. The first-order chi connectivity index (χ1) is 11.7. The third-order valence-electron chi connectivity index (χ3n) is 3.26. The van der Waals surface area contributed by atoms with Gasteiger partial charge in [0.2, 0.25) is 5.91 Å². The lowest BCUT2D eigenvalue weighted by Gasteiger charge is -2.15. The van der Waals surface area contributed by atoms with Crippen molar-refractivity contribution in [2.75, 3.05) is 18.5 Å². The van der Waals surface area contributed by atoms with Crippen molar-refractivity contribution >= 4 is 17.3 Å². The van der Waals surface area contributed by atoms with E-state index in [2.05, 4.69) is 10.4 Å². The van der Waals surface area contributed by atoms with E-state index in [4.69, 9.17) is 15.0 Å². The SMILES string of the molecule is CCOc1cc(NC(=O)Cc2ccccc2)c(OCC)cc1N=N. The molecule has 0 saturated carbocycles. The monoisotopic (exact) mass is 327 g/mol. The van der Waals surface area contributed by atoms with Crippen LogP contribution in [0.4, 0.5) is 11.4 Å². The zero-order valence-electron chi connectivity index (χ0n) is 13.8. The summed E-state index contributed by atoms with van der Waals surface area (Å²) >= 11 is 0. The van der Waals surface area contributed by atoms with Crippen LogP contribution in [0.1, 0.15) is 19.4 Å². The molecular weight excluding hydrogens is 306 g/mol. The maximum Gasteiger partial charge on any atom is 0.228 e. The zero-order valence-corrected chi connectivity index (χ0v) is 13.8. The first kappa shape index (κ1) is 17.5. The van der Waals surface area contributed by atoms with Crippen LogP contribution in [0.15, 0.2) is 47.6 Å². The Morgan fingerprint density at radius 3 is 2.38 bits per heavy atom. The molecule has 0 bridgehead atoms. The summed E-state index contributed by atoms with van der Waals surface area (Å²) in [5.41, 5.74) is 9.05. The van der Waals surface area contributed by atoms with Gasteiger partial charge in [0.1, 0.15) is 17.2 Å². The molecule has 0 radical (unpaired) electrons. The molecule has 6 heteroatoms. The predicted molar refractivity (Wildman–Crippen MR) is 92.4 cm³/mol. The molecule has 0 spiro atoms. The Bertz CT molecular complexity index is 702. The van der Waals surface area contributed by atoms with E-state index in [-0.39, 0.29) is 12.3 Å². The summed E-state index contributed by atoms with van der Waals surface area (Å²) in [7, 11) is 0. The molecule has 2 rings (SSSR count). The average Bonchev–Trinajstić information content (AvgIpc) is 2.58. The Hall–Kier alpha value is -2.89. The third-order valence-corrected chi connectivity index (χ3v) is 3.26. The highest BCUT2D eigenvalue weighted by molar-refractivity contribution is 5.94. The van der Waals surface area contributed by atoms with Gasteiger partial charge in [-0.05, 0) is 19.4 Å². The molecule has 2 aromatic carbocycles. The number of hydrogen-bond donors (Lipinski definition) is 2. The number of rotatable bonds is 8. The Balaban J connectivity index is 2.24. The van der Waals surface area contributed by atoms with Crippen molar-refractivity contribution in [2.24, 2.45) is 5.11 Å². The zero-order chi connectivity index (χ0) is 17.4. The highest BCUT2D eigenvalue weighted by Crippen LogP contribution is 2.38. The lowest BCUT2D eigenvalue weighted by molar-refractivity contribution is -0.115. The number of ether oxygens (including phenoxy) is 2. The minimum absolute atomic E-state index is 0.153. The maximum absolute atomic E-state index is 12.3. The summed E-state index contributed by atoms with van der Waals surface area (Å²) < 4.78 is 11.0. The Morgan fingerprint density at radius 2 is 1.75 bits per heavy atom. The van der Waals surface area contributed by atoms with Crippen LogP contribution in [-0.2, 0) is 11.2 Å². The van der Waals surface area contributed by atoms with Crippen LogP contribution in [0.2, 0.25) is 0 Å². The molecule has 1 amide bonds. The number of carbonyl (C=O) groups is 1. The smallest absolute Gasteiger partial charge is 0.228 e. The van der Waals surface area contributed by atoms with E-state index in [9.17, 15) is 4.79 Å². The van der Waals surface area contributed by atoms with Crippen LogP contribution < -0.4 is 14.8 Å². The quantitative estimate of drug-likeness (QED) is 0.708. The summed E-state index contributed by atoms with van der Waals surface area (Å²) in [5.74, 6) is 0.750. The highest BCUT2D eigenvalue weighted by atomic mass is 16.5. The van der Waals surface area contributed by atoms with Gasteiger partial charge in [-0.3, -0.25) is 4.79 Å². The summed E-state index contributed by atoms with van der Waals surface area (Å²) in [6.45, 7) is 4.57. The number of hydrogen-bond acceptors (Lipinski definition) is 5. The molecule has 0 heterocycles. The molecule has 0 fully saturated rings. The van der Waals surface area contributed by atoms with E-state index in [0.717, 1.165) is 5.56 Å². The van der Waals surface area contributed by atoms with Crippen molar-refractivity contribution in [1.29, 1.82) is 5.53 Å². The van der Waals surface area contributed by atoms with E-state index < -0.39 is 0 Å². The van der Waals surface area contributed by atoms with Gasteiger partial charge in [-0.1, -0.05) is 30.3 Å². The Morgan fingerprint density at radius 1 is 1.08 bits per heavy atom. The third kappa shape index (κ3) is 4.55. The van der Waals surface area contributed by atoms with Crippen LogP contribution in [0.3, 0.4) is 0 Å². The molecule has 0 unspecified atom stereocenters. The summed E-state index contributed by atoms with van der Waals surface area (Å²) in [4.78, 5) is 12.3. The van der Waals surface area contributed by atoms with Gasteiger partial charge in [-0.2, -0.15) is 5.11 Å². The second-order valence-electron chi connectivity index (χ2n) is 5.00. The fourth-order valence-electron chi connectivity index (χ4n) is 2.26. The number of anilines is 1. The molecule has 126 valence electrons. The number of benzene rings is 2. The molecule has 2 N–H and O–H groups in total. The fourth-order valence-corrected chi connectivity index (χ4v) is 2.26. The van der Waals surface area contributed by atoms with Gasteiger partial charge in [0.15, 0.2) is 0 Å². The summed E-state index contributed by atoms with van der Waals surface area (Å²) in [6.07, 6.45) is 0.265. The number of nitrogens with zero attached hydrogens (tertiary/aromatic N) is 1. The minimum atomic E-state index is -0.153. The Labute approximate surface area is 141 Å². The van der Waals surface area contributed by atoms with E-state index in [0.29, 0.717) is 36.1 Å². The first-order valence-corrected chi connectivity index (χ1v) is 7.82. The summed E-state index contributed by atoms with van der Waals surface area (Å²) in [6, 6.07) is 12.7. The van der Waals surface area contributed by atoms with Gasteiger partial charge in [-0.25, -0.2) is 5.53 Å². The molecule has 0 atom stereocenters. The van der Waals surface area contributed by atoms with Crippen molar-refractivity contribution in [1.82, 2.24) is 0 Å².